The number of ether oxygens (including phenoxy) is 2. The second kappa shape index (κ2) is 7.92. The van der Waals surface area contributed by atoms with E-state index in [1.54, 1.807) is 4.90 Å². The lowest BCUT2D eigenvalue weighted by atomic mass is 9.70. The number of amides is 1. The van der Waals surface area contributed by atoms with Gasteiger partial charge in [-0.25, -0.2) is 4.79 Å². The minimum Gasteiger partial charge on any atom is -0.445 e. The molecule has 0 N–H and O–H groups in total. The zero-order valence-electron chi connectivity index (χ0n) is 15.1. The Kier molecular flexibility index (Phi) is 5.21. The number of fused-ring (bicyclic) bond motifs is 1. The molecule has 3 atom stereocenters. The molecule has 27 heavy (non-hydrogen) atoms. The molecule has 0 aromatic heterocycles. The zero-order chi connectivity index (χ0) is 18.6. The Morgan fingerprint density at radius 1 is 0.963 bits per heavy atom. The summed E-state index contributed by atoms with van der Waals surface area (Å²) < 4.78 is 11.5. The summed E-state index contributed by atoms with van der Waals surface area (Å²) in [6, 6.07) is 19.3. The number of likely N-dealkylation sites (tertiary alicyclic amines) is 1. The lowest BCUT2D eigenvalue weighted by Crippen LogP contribution is -2.65. The standard InChI is InChI=1S/C22H23NO4/c24-19-11-12-23(22(25)27-15-17-9-5-2-6-10-17)21-18(19)13-20(21)26-14-16-7-3-1-4-8-16/h1-10,18,20-21H,11-15H2/t18-,20?,21+/m1/s1. The molecule has 0 bridgehead atoms. The first-order valence-corrected chi connectivity index (χ1v) is 9.38. The van der Waals surface area contributed by atoms with E-state index in [9.17, 15) is 9.59 Å². The van der Waals surface area contributed by atoms with Crippen LogP contribution in [0.25, 0.3) is 0 Å². The minimum atomic E-state index is -0.366. The van der Waals surface area contributed by atoms with Crippen LogP contribution in [0.1, 0.15) is 24.0 Å². The van der Waals surface area contributed by atoms with E-state index in [-0.39, 0.29) is 36.5 Å². The van der Waals surface area contributed by atoms with Crippen molar-refractivity contribution in [3.63, 3.8) is 0 Å². The van der Waals surface area contributed by atoms with Gasteiger partial charge in [-0.05, 0) is 17.5 Å². The predicted molar refractivity (Wildman–Crippen MR) is 99.9 cm³/mol. The van der Waals surface area contributed by atoms with Crippen LogP contribution < -0.4 is 0 Å². The highest BCUT2D eigenvalue weighted by Crippen LogP contribution is 2.40. The Hall–Kier alpha value is -2.66. The van der Waals surface area contributed by atoms with Gasteiger partial charge in [0.15, 0.2) is 0 Å². The minimum absolute atomic E-state index is 0.121. The molecule has 2 aliphatic rings. The molecule has 0 spiro atoms. The Balaban J connectivity index is 1.37. The van der Waals surface area contributed by atoms with Crippen molar-refractivity contribution < 1.29 is 19.1 Å². The van der Waals surface area contributed by atoms with E-state index >= 15 is 0 Å². The van der Waals surface area contributed by atoms with Gasteiger partial charge in [0.1, 0.15) is 12.4 Å². The maximum absolute atomic E-state index is 12.6. The van der Waals surface area contributed by atoms with E-state index in [1.165, 1.54) is 0 Å². The largest absolute Gasteiger partial charge is 0.445 e. The third kappa shape index (κ3) is 3.88. The monoisotopic (exact) mass is 365 g/mol. The van der Waals surface area contributed by atoms with Gasteiger partial charge in [0.25, 0.3) is 0 Å². The van der Waals surface area contributed by atoms with Crippen LogP contribution in [0.2, 0.25) is 0 Å². The van der Waals surface area contributed by atoms with Crippen LogP contribution in [0, 0.1) is 5.92 Å². The molecule has 5 nitrogen and oxygen atoms in total. The average Bonchev–Trinajstić information content (AvgIpc) is 2.69. The van der Waals surface area contributed by atoms with Crippen LogP contribution in [0.3, 0.4) is 0 Å². The Labute approximate surface area is 158 Å². The van der Waals surface area contributed by atoms with Gasteiger partial charge in [-0.15, -0.1) is 0 Å². The topological polar surface area (TPSA) is 55.8 Å². The number of hydrogen-bond acceptors (Lipinski definition) is 4. The maximum atomic E-state index is 12.6. The van der Waals surface area contributed by atoms with Crippen LogP contribution in [0.15, 0.2) is 60.7 Å². The summed E-state index contributed by atoms with van der Waals surface area (Å²) in [6.07, 6.45) is 0.587. The SMILES string of the molecule is O=C1CCN(C(=O)OCc2ccccc2)[C@@H]2C(OCc3ccccc3)C[C@H]12. The molecule has 2 aromatic carbocycles. The normalized spacial score (nSPS) is 24.1. The van der Waals surface area contributed by atoms with Gasteiger partial charge < -0.3 is 14.4 Å². The van der Waals surface area contributed by atoms with E-state index in [0.717, 1.165) is 11.1 Å². The number of nitrogens with zero attached hydrogens (tertiary/aromatic N) is 1. The van der Waals surface area contributed by atoms with E-state index in [2.05, 4.69) is 0 Å². The van der Waals surface area contributed by atoms with Crippen LogP contribution in [-0.4, -0.2) is 35.5 Å². The first-order chi connectivity index (χ1) is 13.2. The number of carbonyl (C=O) groups excluding carboxylic acids is 2. The van der Waals surface area contributed by atoms with Crippen LogP contribution in [0.4, 0.5) is 4.79 Å². The third-order valence-electron chi connectivity index (χ3n) is 5.40. The molecule has 1 saturated heterocycles. The molecule has 1 aliphatic heterocycles. The number of ketones is 1. The maximum Gasteiger partial charge on any atom is 0.410 e. The van der Waals surface area contributed by atoms with Crippen molar-refractivity contribution in [1.82, 2.24) is 4.90 Å². The zero-order valence-corrected chi connectivity index (χ0v) is 15.1. The number of piperidine rings is 1. The van der Waals surface area contributed by atoms with Crippen molar-refractivity contribution in [2.75, 3.05) is 6.54 Å². The number of rotatable bonds is 5. The van der Waals surface area contributed by atoms with Gasteiger partial charge in [-0.3, -0.25) is 4.79 Å². The molecule has 0 radical (unpaired) electrons. The number of benzene rings is 2. The Morgan fingerprint density at radius 3 is 2.26 bits per heavy atom. The fourth-order valence-electron chi connectivity index (χ4n) is 3.86. The second-order valence-electron chi connectivity index (χ2n) is 7.12. The van der Waals surface area contributed by atoms with Crippen LogP contribution in [0.5, 0.6) is 0 Å². The van der Waals surface area contributed by atoms with Gasteiger partial charge in [-0.1, -0.05) is 60.7 Å². The fourth-order valence-corrected chi connectivity index (χ4v) is 3.86. The van der Waals surface area contributed by atoms with Gasteiger partial charge in [0.05, 0.1) is 18.8 Å². The molecule has 5 heteroatoms. The smallest absolute Gasteiger partial charge is 0.410 e. The van der Waals surface area contributed by atoms with Crippen molar-refractivity contribution in [3.8, 4) is 0 Å². The molecule has 4 rings (SSSR count). The first-order valence-electron chi connectivity index (χ1n) is 9.38. The highest BCUT2D eigenvalue weighted by Gasteiger charge is 2.53. The summed E-state index contributed by atoms with van der Waals surface area (Å²) in [7, 11) is 0. The summed E-state index contributed by atoms with van der Waals surface area (Å²) in [5.41, 5.74) is 2.03. The molecule has 2 fully saturated rings. The number of hydrogen-bond donors (Lipinski definition) is 0. The molecular formula is C22H23NO4. The predicted octanol–water partition coefficient (Wildman–Crippen LogP) is 3.57. The molecule has 1 unspecified atom stereocenters. The Bertz CT molecular complexity index is 792. The molecule has 1 heterocycles. The quantitative estimate of drug-likeness (QED) is 0.813. The lowest BCUT2D eigenvalue weighted by Gasteiger charge is -2.51. The van der Waals surface area contributed by atoms with Crippen molar-refractivity contribution in [2.24, 2.45) is 5.92 Å². The molecule has 1 aliphatic carbocycles. The van der Waals surface area contributed by atoms with E-state index in [4.69, 9.17) is 9.47 Å². The molecule has 140 valence electrons. The lowest BCUT2D eigenvalue weighted by molar-refractivity contribution is -0.155. The van der Waals surface area contributed by atoms with Gasteiger partial charge >= 0.3 is 6.09 Å². The molecule has 1 amide bonds. The van der Waals surface area contributed by atoms with Gasteiger partial charge in [0.2, 0.25) is 0 Å². The summed E-state index contributed by atoms with van der Waals surface area (Å²) in [6.45, 7) is 1.12. The van der Waals surface area contributed by atoms with Gasteiger partial charge in [0, 0.05) is 18.9 Å². The summed E-state index contributed by atoms with van der Waals surface area (Å²) in [5.74, 6) is 0.107. The van der Waals surface area contributed by atoms with Crippen LogP contribution in [-0.2, 0) is 27.5 Å². The Morgan fingerprint density at radius 2 is 1.59 bits per heavy atom. The molecule has 2 aromatic rings. The van der Waals surface area contributed by atoms with Crippen molar-refractivity contribution in [2.45, 2.75) is 38.2 Å². The fraction of sp³-hybridized carbons (Fsp3) is 0.364. The van der Waals surface area contributed by atoms with E-state index in [1.807, 2.05) is 60.7 Å². The highest BCUT2D eigenvalue weighted by atomic mass is 16.6. The molecular weight excluding hydrogens is 342 g/mol. The first kappa shape index (κ1) is 17.7. The molecule has 1 saturated carbocycles. The van der Waals surface area contributed by atoms with Gasteiger partial charge in [-0.2, -0.15) is 0 Å². The van der Waals surface area contributed by atoms with Crippen molar-refractivity contribution >= 4 is 11.9 Å². The number of carbonyl (C=O) groups is 2. The third-order valence-corrected chi connectivity index (χ3v) is 5.40. The summed E-state index contributed by atoms with van der Waals surface area (Å²) >= 11 is 0. The highest BCUT2D eigenvalue weighted by molar-refractivity contribution is 5.86. The number of Topliss-reactive ketones (excluding diaryl/α,β-unsaturated/α-hetero) is 1. The summed E-state index contributed by atoms with van der Waals surface area (Å²) in [5, 5.41) is 0. The van der Waals surface area contributed by atoms with E-state index < -0.39 is 0 Å². The van der Waals surface area contributed by atoms with E-state index in [0.29, 0.717) is 26.0 Å². The average molecular weight is 365 g/mol. The second-order valence-corrected chi connectivity index (χ2v) is 7.12. The van der Waals surface area contributed by atoms with Crippen molar-refractivity contribution in [3.05, 3.63) is 71.8 Å². The van der Waals surface area contributed by atoms with Crippen LogP contribution >= 0.6 is 0 Å². The van der Waals surface area contributed by atoms with Crippen molar-refractivity contribution in [1.29, 1.82) is 0 Å². The summed E-state index contributed by atoms with van der Waals surface area (Å²) in [4.78, 5) is 26.5.